The van der Waals surface area contributed by atoms with Gasteiger partial charge >= 0.3 is 0 Å². The smallest absolute Gasteiger partial charge is 0.267 e. The highest BCUT2D eigenvalue weighted by molar-refractivity contribution is 5.96. The molecule has 4 rings (SSSR count). The molecule has 0 radical (unpaired) electrons. The predicted molar refractivity (Wildman–Crippen MR) is 114 cm³/mol. The van der Waals surface area contributed by atoms with Crippen molar-refractivity contribution < 1.29 is 13.9 Å². The first-order chi connectivity index (χ1) is 15.0. The molecule has 0 aromatic carbocycles. The van der Waals surface area contributed by atoms with Gasteiger partial charge in [-0.15, -0.1) is 0 Å². The molecular weight excluding hydrogens is 398 g/mol. The summed E-state index contributed by atoms with van der Waals surface area (Å²) in [5.74, 6) is 0.134. The number of rotatable bonds is 7. The number of hydrogen-bond donors (Lipinski definition) is 2. The van der Waals surface area contributed by atoms with Crippen LogP contribution in [0, 0.1) is 12.3 Å². The van der Waals surface area contributed by atoms with Crippen molar-refractivity contribution in [3.63, 3.8) is 0 Å². The Labute approximate surface area is 177 Å². The maximum Gasteiger partial charge on any atom is 0.267 e. The molecule has 0 saturated carbocycles. The number of carbonyl (C=O) groups excluding carboxylic acids is 1. The van der Waals surface area contributed by atoms with Crippen LogP contribution in [0.5, 0.6) is 0 Å². The number of nitrogens with zero attached hydrogens (tertiary/aromatic N) is 3. The third-order valence-corrected chi connectivity index (χ3v) is 5.03. The normalized spacial score (nSPS) is 11.3. The summed E-state index contributed by atoms with van der Waals surface area (Å²) in [5, 5.41) is 11.7. The first-order valence-corrected chi connectivity index (χ1v) is 9.90. The molecule has 160 valence electrons. The molecule has 0 aliphatic heterocycles. The molecule has 0 atom stereocenters. The second kappa shape index (κ2) is 8.57. The number of hydrogen-bond acceptors (Lipinski definition) is 6. The number of aryl methyl sites for hydroxylation is 2. The van der Waals surface area contributed by atoms with Gasteiger partial charge in [0.1, 0.15) is 22.5 Å². The lowest BCUT2D eigenvalue weighted by Crippen LogP contribution is -2.35. The number of fused-ring (bicyclic) bond motifs is 2. The van der Waals surface area contributed by atoms with Crippen LogP contribution in [0.25, 0.3) is 16.7 Å². The SMILES string of the molecule is COCCCn1c(=N)c(C(=O)NCc2ccco2)cc2c(=O)n3cc(C)ccc3nc21. The van der Waals surface area contributed by atoms with Gasteiger partial charge in [-0.3, -0.25) is 19.4 Å². The highest BCUT2D eigenvalue weighted by atomic mass is 16.5. The lowest BCUT2D eigenvalue weighted by Gasteiger charge is -2.14. The standard InChI is InChI=1S/C22H23N5O4/c1-14-6-7-18-25-20-17(22(29)27(18)13-14)11-16(19(23)26(20)8-4-9-30-2)21(28)24-12-15-5-3-10-31-15/h3,5-7,10-11,13,23H,4,8-9,12H2,1-2H3,(H,24,28). The van der Waals surface area contributed by atoms with E-state index in [2.05, 4.69) is 10.3 Å². The molecule has 0 fully saturated rings. The van der Waals surface area contributed by atoms with Crippen LogP contribution in [-0.4, -0.2) is 33.6 Å². The molecule has 4 aromatic rings. The first-order valence-electron chi connectivity index (χ1n) is 9.90. The number of carbonyl (C=O) groups is 1. The molecule has 4 aromatic heterocycles. The van der Waals surface area contributed by atoms with Crippen molar-refractivity contribution in [1.29, 1.82) is 5.41 Å². The average molecular weight is 421 g/mol. The van der Waals surface area contributed by atoms with E-state index in [1.807, 2.05) is 13.0 Å². The van der Waals surface area contributed by atoms with Crippen LogP contribution < -0.4 is 16.4 Å². The molecule has 0 aliphatic rings. The average Bonchev–Trinajstić information content (AvgIpc) is 3.28. The third-order valence-electron chi connectivity index (χ3n) is 5.03. The third kappa shape index (κ3) is 3.99. The zero-order chi connectivity index (χ0) is 22.0. The number of pyridine rings is 2. The lowest BCUT2D eigenvalue weighted by molar-refractivity contribution is 0.0945. The molecule has 0 spiro atoms. The summed E-state index contributed by atoms with van der Waals surface area (Å²) >= 11 is 0. The monoisotopic (exact) mass is 421 g/mol. The molecule has 31 heavy (non-hydrogen) atoms. The summed E-state index contributed by atoms with van der Waals surface area (Å²) in [7, 11) is 1.60. The molecule has 0 bridgehead atoms. The molecule has 1 amide bonds. The zero-order valence-electron chi connectivity index (χ0n) is 17.3. The van der Waals surface area contributed by atoms with Gasteiger partial charge < -0.3 is 19.0 Å². The Morgan fingerprint density at radius 1 is 1.32 bits per heavy atom. The van der Waals surface area contributed by atoms with E-state index >= 15 is 0 Å². The molecule has 4 heterocycles. The van der Waals surface area contributed by atoms with Gasteiger partial charge in [-0.2, -0.15) is 0 Å². The van der Waals surface area contributed by atoms with Crippen LogP contribution in [0.3, 0.4) is 0 Å². The van der Waals surface area contributed by atoms with E-state index in [-0.39, 0.29) is 28.5 Å². The van der Waals surface area contributed by atoms with E-state index in [0.29, 0.717) is 36.6 Å². The van der Waals surface area contributed by atoms with Crippen molar-refractivity contribution in [2.75, 3.05) is 13.7 Å². The Hall–Kier alpha value is -3.72. The maximum atomic E-state index is 13.2. The van der Waals surface area contributed by atoms with Crippen LogP contribution in [0.15, 0.2) is 52.0 Å². The molecule has 0 saturated heterocycles. The molecule has 9 heteroatoms. The highest BCUT2D eigenvalue weighted by Gasteiger charge is 2.17. The van der Waals surface area contributed by atoms with Crippen LogP contribution in [0.4, 0.5) is 0 Å². The van der Waals surface area contributed by atoms with Gasteiger partial charge in [-0.25, -0.2) is 4.98 Å². The van der Waals surface area contributed by atoms with E-state index < -0.39 is 5.91 Å². The minimum atomic E-state index is -0.461. The maximum absolute atomic E-state index is 13.2. The number of amides is 1. The molecule has 2 N–H and O–H groups in total. The Morgan fingerprint density at radius 3 is 2.90 bits per heavy atom. The minimum absolute atomic E-state index is 0.0103. The largest absolute Gasteiger partial charge is 0.467 e. The van der Waals surface area contributed by atoms with E-state index in [0.717, 1.165) is 5.56 Å². The second-order valence-corrected chi connectivity index (χ2v) is 7.26. The Kier molecular flexibility index (Phi) is 5.68. The summed E-state index contributed by atoms with van der Waals surface area (Å²) in [6, 6.07) is 8.57. The fraction of sp³-hybridized carbons (Fsp3) is 0.273. The van der Waals surface area contributed by atoms with Crippen LogP contribution in [0.2, 0.25) is 0 Å². The highest BCUT2D eigenvalue weighted by Crippen LogP contribution is 2.12. The summed E-state index contributed by atoms with van der Waals surface area (Å²) in [6.45, 7) is 2.94. The quantitative estimate of drug-likeness (QED) is 0.350. The van der Waals surface area contributed by atoms with E-state index in [9.17, 15) is 9.59 Å². The summed E-state index contributed by atoms with van der Waals surface area (Å²) in [6.07, 6.45) is 3.84. The van der Waals surface area contributed by atoms with Crippen molar-refractivity contribution in [3.8, 4) is 0 Å². The van der Waals surface area contributed by atoms with Crippen molar-refractivity contribution >= 4 is 22.6 Å². The molecule has 9 nitrogen and oxygen atoms in total. The van der Waals surface area contributed by atoms with Crippen molar-refractivity contribution in [3.05, 3.63) is 75.5 Å². The molecule has 0 unspecified atom stereocenters. The van der Waals surface area contributed by atoms with Gasteiger partial charge in [0.25, 0.3) is 11.5 Å². The number of methoxy groups -OCH3 is 1. The Morgan fingerprint density at radius 2 is 2.16 bits per heavy atom. The Balaban J connectivity index is 1.87. The van der Waals surface area contributed by atoms with Crippen LogP contribution in [0.1, 0.15) is 28.1 Å². The first kappa shape index (κ1) is 20.5. The zero-order valence-corrected chi connectivity index (χ0v) is 17.3. The van der Waals surface area contributed by atoms with Gasteiger partial charge in [0.2, 0.25) is 0 Å². The topological polar surface area (TPSA) is 115 Å². The summed E-state index contributed by atoms with van der Waals surface area (Å²) < 4.78 is 13.4. The van der Waals surface area contributed by atoms with Crippen LogP contribution in [-0.2, 0) is 17.8 Å². The fourth-order valence-corrected chi connectivity index (χ4v) is 3.48. The van der Waals surface area contributed by atoms with Crippen molar-refractivity contribution in [2.24, 2.45) is 0 Å². The van der Waals surface area contributed by atoms with Gasteiger partial charge in [-0.1, -0.05) is 6.07 Å². The number of furan rings is 1. The summed E-state index contributed by atoms with van der Waals surface area (Å²) in [5.41, 5.74) is 1.57. The Bertz CT molecular complexity index is 1370. The molecular formula is C22H23N5O4. The fourth-order valence-electron chi connectivity index (χ4n) is 3.48. The van der Waals surface area contributed by atoms with Gasteiger partial charge in [0.05, 0.1) is 23.8 Å². The van der Waals surface area contributed by atoms with Gasteiger partial charge in [0.15, 0.2) is 0 Å². The number of nitrogens with one attached hydrogen (secondary N) is 2. The second-order valence-electron chi connectivity index (χ2n) is 7.26. The summed E-state index contributed by atoms with van der Waals surface area (Å²) in [4.78, 5) is 30.7. The van der Waals surface area contributed by atoms with Crippen LogP contribution >= 0.6 is 0 Å². The minimum Gasteiger partial charge on any atom is -0.467 e. The number of aromatic nitrogens is 3. The van der Waals surface area contributed by atoms with E-state index in [4.69, 9.17) is 14.6 Å². The number of ether oxygens (including phenoxy) is 1. The van der Waals surface area contributed by atoms with Crippen molar-refractivity contribution in [1.82, 2.24) is 19.3 Å². The predicted octanol–water partition coefficient (Wildman–Crippen LogP) is 2.00. The van der Waals surface area contributed by atoms with Gasteiger partial charge in [0, 0.05) is 26.5 Å². The lowest BCUT2D eigenvalue weighted by atomic mass is 10.2. The van der Waals surface area contributed by atoms with Gasteiger partial charge in [-0.05, 0) is 43.2 Å². The van der Waals surface area contributed by atoms with E-state index in [1.54, 1.807) is 36.1 Å². The van der Waals surface area contributed by atoms with E-state index in [1.165, 1.54) is 16.7 Å². The van der Waals surface area contributed by atoms with Crippen molar-refractivity contribution in [2.45, 2.75) is 26.4 Å². The molecule has 0 aliphatic carbocycles.